The van der Waals surface area contributed by atoms with Gasteiger partial charge in [0, 0.05) is 26.1 Å². The van der Waals surface area contributed by atoms with Crippen LogP contribution in [0, 0.1) is 5.92 Å². The van der Waals surface area contributed by atoms with Crippen molar-refractivity contribution in [2.45, 2.75) is 57.6 Å². The molecule has 1 aliphatic carbocycles. The highest BCUT2D eigenvalue weighted by Crippen LogP contribution is 2.21. The number of ether oxygens (including phenoxy) is 1. The third-order valence-corrected chi connectivity index (χ3v) is 5.04. The Morgan fingerprint density at radius 1 is 1.32 bits per heavy atom. The minimum atomic E-state index is -0.262. The van der Waals surface area contributed by atoms with Crippen LogP contribution in [0.25, 0.3) is 0 Å². The van der Waals surface area contributed by atoms with E-state index in [-0.39, 0.29) is 24.2 Å². The van der Waals surface area contributed by atoms with Gasteiger partial charge in [-0.3, -0.25) is 9.59 Å². The number of furan rings is 1. The first-order valence-electron chi connectivity index (χ1n) is 9.42. The Labute approximate surface area is 148 Å². The largest absolute Gasteiger partial charge is 0.467 e. The molecule has 1 aromatic heterocycles. The molecule has 1 saturated carbocycles. The lowest BCUT2D eigenvalue weighted by atomic mass is 9.98. The van der Waals surface area contributed by atoms with Gasteiger partial charge in [0.25, 0.3) is 0 Å². The van der Waals surface area contributed by atoms with Gasteiger partial charge in [-0.05, 0) is 31.4 Å². The molecule has 2 amide bonds. The number of hydrogen-bond acceptors (Lipinski definition) is 4. The van der Waals surface area contributed by atoms with E-state index in [1.807, 2.05) is 6.07 Å². The maximum absolute atomic E-state index is 12.2. The van der Waals surface area contributed by atoms with E-state index >= 15 is 0 Å². The topological polar surface area (TPSA) is 71.8 Å². The van der Waals surface area contributed by atoms with Gasteiger partial charge in [0.1, 0.15) is 5.76 Å². The molecule has 3 rings (SSSR count). The molecule has 2 fully saturated rings. The molecule has 0 aromatic carbocycles. The van der Waals surface area contributed by atoms with E-state index in [1.165, 1.54) is 32.1 Å². The Hall–Kier alpha value is -1.82. The van der Waals surface area contributed by atoms with Gasteiger partial charge in [0.2, 0.25) is 11.8 Å². The average molecular weight is 348 g/mol. The summed E-state index contributed by atoms with van der Waals surface area (Å²) in [7, 11) is 0. The molecule has 1 unspecified atom stereocenters. The Kier molecular flexibility index (Phi) is 6.50. The van der Waals surface area contributed by atoms with Gasteiger partial charge < -0.3 is 19.4 Å². The number of likely N-dealkylation sites (tertiary alicyclic amines) is 1. The monoisotopic (exact) mass is 348 g/mol. The Balaban J connectivity index is 1.31. The van der Waals surface area contributed by atoms with E-state index in [2.05, 4.69) is 5.32 Å². The van der Waals surface area contributed by atoms with Crippen LogP contribution in [0.15, 0.2) is 22.8 Å². The lowest BCUT2D eigenvalue weighted by molar-refractivity contribution is -0.129. The molecule has 25 heavy (non-hydrogen) atoms. The van der Waals surface area contributed by atoms with Crippen molar-refractivity contribution < 1.29 is 18.7 Å². The van der Waals surface area contributed by atoms with Gasteiger partial charge in [-0.1, -0.05) is 19.3 Å². The number of carbonyl (C=O) groups is 2. The first-order chi connectivity index (χ1) is 12.2. The first kappa shape index (κ1) is 18.0. The molecule has 0 bridgehead atoms. The lowest BCUT2D eigenvalue weighted by Crippen LogP contribution is -2.34. The number of hydrogen-bond donors (Lipinski definition) is 1. The molecular weight excluding hydrogens is 320 g/mol. The zero-order valence-corrected chi connectivity index (χ0v) is 14.7. The molecule has 6 heteroatoms. The summed E-state index contributed by atoms with van der Waals surface area (Å²) in [6, 6.07) is 3.64. The van der Waals surface area contributed by atoms with Crippen molar-refractivity contribution in [3.05, 3.63) is 24.2 Å². The van der Waals surface area contributed by atoms with Crippen molar-refractivity contribution in [2.75, 3.05) is 19.7 Å². The number of nitrogens with one attached hydrogen (secondary N) is 1. The second-order valence-corrected chi connectivity index (χ2v) is 7.03. The predicted molar refractivity (Wildman–Crippen MR) is 92.7 cm³/mol. The van der Waals surface area contributed by atoms with E-state index in [9.17, 15) is 9.59 Å². The summed E-state index contributed by atoms with van der Waals surface area (Å²) >= 11 is 0. The highest BCUT2D eigenvalue weighted by Gasteiger charge is 2.34. The minimum Gasteiger partial charge on any atom is -0.467 e. The Morgan fingerprint density at radius 2 is 2.16 bits per heavy atom. The summed E-state index contributed by atoms with van der Waals surface area (Å²) in [6.07, 6.45) is 9.31. The smallest absolute Gasteiger partial charge is 0.225 e. The average Bonchev–Trinajstić information content (AvgIpc) is 3.26. The Bertz CT molecular complexity index is 552. The molecule has 1 aromatic rings. The fraction of sp³-hybridized carbons (Fsp3) is 0.684. The van der Waals surface area contributed by atoms with Gasteiger partial charge in [0.05, 0.1) is 24.8 Å². The van der Waals surface area contributed by atoms with Gasteiger partial charge in [-0.25, -0.2) is 0 Å². The fourth-order valence-electron chi connectivity index (χ4n) is 3.60. The first-order valence-corrected chi connectivity index (χ1v) is 9.42. The quantitative estimate of drug-likeness (QED) is 0.733. The van der Waals surface area contributed by atoms with Crippen molar-refractivity contribution >= 4 is 11.8 Å². The van der Waals surface area contributed by atoms with E-state index < -0.39 is 0 Å². The minimum absolute atomic E-state index is 0.0113. The highest BCUT2D eigenvalue weighted by molar-refractivity contribution is 5.89. The summed E-state index contributed by atoms with van der Waals surface area (Å²) in [5.74, 6) is 0.459. The standard InChI is InChI=1S/C19H28N2O4/c22-18-12-15(13-21(18)14-17-8-4-10-25-17)19(23)20-9-5-11-24-16-6-2-1-3-7-16/h4,8,10,15-16H,1-3,5-7,9,11-14H2,(H,20,23). The Morgan fingerprint density at radius 3 is 2.92 bits per heavy atom. The predicted octanol–water partition coefficient (Wildman–Crippen LogP) is 2.48. The van der Waals surface area contributed by atoms with Crippen molar-refractivity contribution in [1.29, 1.82) is 0 Å². The maximum atomic E-state index is 12.2. The van der Waals surface area contributed by atoms with Crippen molar-refractivity contribution in [3.63, 3.8) is 0 Å². The third kappa shape index (κ3) is 5.33. The van der Waals surface area contributed by atoms with Crippen molar-refractivity contribution in [3.8, 4) is 0 Å². The molecule has 0 radical (unpaired) electrons. The van der Waals surface area contributed by atoms with Gasteiger partial charge >= 0.3 is 0 Å². The second-order valence-electron chi connectivity index (χ2n) is 7.03. The summed E-state index contributed by atoms with van der Waals surface area (Å²) in [5.41, 5.74) is 0. The van der Waals surface area contributed by atoms with Crippen molar-refractivity contribution in [2.24, 2.45) is 5.92 Å². The maximum Gasteiger partial charge on any atom is 0.225 e. The molecule has 1 aliphatic heterocycles. The molecule has 6 nitrogen and oxygen atoms in total. The molecule has 2 heterocycles. The van der Waals surface area contributed by atoms with Crippen LogP contribution in [0.2, 0.25) is 0 Å². The summed E-state index contributed by atoms with van der Waals surface area (Å²) in [4.78, 5) is 26.0. The molecule has 138 valence electrons. The van der Waals surface area contributed by atoms with Crippen LogP contribution in [-0.4, -0.2) is 42.5 Å². The summed E-state index contributed by atoms with van der Waals surface area (Å²) < 4.78 is 11.1. The van der Waals surface area contributed by atoms with Crippen LogP contribution in [0.3, 0.4) is 0 Å². The number of amides is 2. The SMILES string of the molecule is O=C(NCCCOC1CCCCC1)C1CC(=O)N(Cc2ccco2)C1. The summed E-state index contributed by atoms with van der Waals surface area (Å²) in [6.45, 7) is 2.20. The molecule has 1 saturated heterocycles. The fourth-order valence-corrected chi connectivity index (χ4v) is 3.60. The van der Waals surface area contributed by atoms with E-state index in [1.54, 1.807) is 17.2 Å². The van der Waals surface area contributed by atoms with E-state index in [4.69, 9.17) is 9.15 Å². The number of nitrogens with zero attached hydrogens (tertiary/aromatic N) is 1. The van der Waals surface area contributed by atoms with Crippen LogP contribution in [-0.2, 0) is 20.9 Å². The van der Waals surface area contributed by atoms with Crippen LogP contribution < -0.4 is 5.32 Å². The van der Waals surface area contributed by atoms with Crippen LogP contribution >= 0.6 is 0 Å². The normalized spacial score (nSPS) is 21.7. The van der Waals surface area contributed by atoms with E-state index in [0.29, 0.717) is 32.3 Å². The van der Waals surface area contributed by atoms with Gasteiger partial charge in [-0.15, -0.1) is 0 Å². The molecule has 2 aliphatic rings. The molecule has 1 atom stereocenters. The van der Waals surface area contributed by atoms with Gasteiger partial charge in [-0.2, -0.15) is 0 Å². The second kappa shape index (κ2) is 9.04. The molecular formula is C19H28N2O4. The van der Waals surface area contributed by atoms with E-state index in [0.717, 1.165) is 12.2 Å². The zero-order chi connectivity index (χ0) is 17.5. The molecule has 1 N–H and O–H groups in total. The highest BCUT2D eigenvalue weighted by atomic mass is 16.5. The van der Waals surface area contributed by atoms with Gasteiger partial charge in [0.15, 0.2) is 0 Å². The number of rotatable bonds is 8. The van der Waals surface area contributed by atoms with Crippen LogP contribution in [0.1, 0.15) is 50.7 Å². The van der Waals surface area contributed by atoms with Crippen LogP contribution in [0.4, 0.5) is 0 Å². The van der Waals surface area contributed by atoms with Crippen LogP contribution in [0.5, 0.6) is 0 Å². The van der Waals surface area contributed by atoms with Crippen molar-refractivity contribution in [1.82, 2.24) is 10.2 Å². The molecule has 0 spiro atoms. The third-order valence-electron chi connectivity index (χ3n) is 5.04. The number of carbonyl (C=O) groups excluding carboxylic acids is 2. The zero-order valence-electron chi connectivity index (χ0n) is 14.7. The summed E-state index contributed by atoms with van der Waals surface area (Å²) in [5, 5.41) is 2.94. The lowest BCUT2D eigenvalue weighted by Gasteiger charge is -2.22.